The van der Waals surface area contributed by atoms with E-state index in [0.29, 0.717) is 18.6 Å². The van der Waals surface area contributed by atoms with Crippen molar-refractivity contribution in [1.29, 1.82) is 0 Å². The molecule has 2 unspecified atom stereocenters. The van der Waals surface area contributed by atoms with Gasteiger partial charge in [-0.1, -0.05) is 36.4 Å². The Morgan fingerprint density at radius 3 is 2.24 bits per heavy atom. The fourth-order valence-electron chi connectivity index (χ4n) is 3.90. The molecule has 6 heteroatoms. The van der Waals surface area contributed by atoms with Gasteiger partial charge in [-0.25, -0.2) is 0 Å². The van der Waals surface area contributed by atoms with Crippen molar-refractivity contribution in [2.45, 2.75) is 37.8 Å². The molecule has 2 bridgehead atoms. The summed E-state index contributed by atoms with van der Waals surface area (Å²) >= 11 is 0. The third-order valence-electron chi connectivity index (χ3n) is 5.15. The van der Waals surface area contributed by atoms with E-state index in [1.807, 2.05) is 6.07 Å². The van der Waals surface area contributed by atoms with E-state index in [1.54, 1.807) is 0 Å². The van der Waals surface area contributed by atoms with Crippen molar-refractivity contribution in [3.63, 3.8) is 0 Å². The molecule has 0 saturated carbocycles. The quantitative estimate of drug-likeness (QED) is 0.843. The third-order valence-corrected chi connectivity index (χ3v) is 5.15. The Kier molecular flexibility index (Phi) is 4.25. The van der Waals surface area contributed by atoms with Crippen LogP contribution in [0.5, 0.6) is 0 Å². The Morgan fingerprint density at radius 1 is 0.920 bits per heavy atom. The number of fused-ring (bicyclic) bond motifs is 2. The fourth-order valence-corrected chi connectivity index (χ4v) is 3.90. The summed E-state index contributed by atoms with van der Waals surface area (Å²) < 4.78 is 37.7. The van der Waals surface area contributed by atoms with Gasteiger partial charge in [0.05, 0.1) is 0 Å². The van der Waals surface area contributed by atoms with Gasteiger partial charge >= 0.3 is 6.18 Å². The van der Waals surface area contributed by atoms with Crippen molar-refractivity contribution < 1.29 is 13.2 Å². The second-order valence-corrected chi connectivity index (χ2v) is 6.94. The minimum Gasteiger partial charge on any atom is -0.296 e. The molecule has 3 aliphatic rings. The molecule has 3 saturated heterocycles. The van der Waals surface area contributed by atoms with Crippen molar-refractivity contribution in [1.82, 2.24) is 14.8 Å². The summed E-state index contributed by atoms with van der Waals surface area (Å²) in [6.07, 6.45) is -1.80. The lowest BCUT2D eigenvalue weighted by atomic mass is 9.86. The van der Waals surface area contributed by atoms with Crippen molar-refractivity contribution in [2.75, 3.05) is 13.1 Å². The number of nitrogens with zero attached hydrogens (tertiary/aromatic N) is 3. The van der Waals surface area contributed by atoms with Crippen molar-refractivity contribution in [3.05, 3.63) is 65.5 Å². The summed E-state index contributed by atoms with van der Waals surface area (Å²) in [7, 11) is 0. The largest absolute Gasteiger partial charge is 0.433 e. The minimum absolute atomic E-state index is 0.543. The molecule has 1 aromatic carbocycles. The van der Waals surface area contributed by atoms with Gasteiger partial charge < -0.3 is 0 Å². The van der Waals surface area contributed by atoms with E-state index in [2.05, 4.69) is 39.0 Å². The van der Waals surface area contributed by atoms with Crippen LogP contribution in [-0.2, 0) is 19.3 Å². The zero-order chi connectivity index (χ0) is 17.4. The summed E-state index contributed by atoms with van der Waals surface area (Å²) in [5.74, 6) is 0. The molecule has 0 aliphatic carbocycles. The first-order chi connectivity index (χ1) is 12.0. The number of piperazine rings is 1. The Bertz CT molecular complexity index is 703. The molecule has 2 atom stereocenters. The highest BCUT2D eigenvalue weighted by Crippen LogP contribution is 2.34. The third kappa shape index (κ3) is 3.55. The normalized spacial score (nSPS) is 24.1. The highest BCUT2D eigenvalue weighted by Gasteiger charge is 2.44. The number of hydrogen-bond acceptors (Lipinski definition) is 3. The van der Waals surface area contributed by atoms with Crippen LogP contribution in [-0.4, -0.2) is 40.0 Å². The van der Waals surface area contributed by atoms with E-state index in [0.717, 1.165) is 31.3 Å². The fraction of sp³-hybridized carbons (Fsp3) is 0.421. The molecule has 4 heterocycles. The average molecular weight is 347 g/mol. The van der Waals surface area contributed by atoms with Crippen LogP contribution < -0.4 is 0 Å². The molecule has 25 heavy (non-hydrogen) atoms. The number of halogens is 3. The number of alkyl halides is 3. The highest BCUT2D eigenvalue weighted by atomic mass is 19.4. The lowest BCUT2D eigenvalue weighted by molar-refractivity contribution is -0.141. The van der Waals surface area contributed by atoms with Crippen LogP contribution in [0.2, 0.25) is 0 Å². The van der Waals surface area contributed by atoms with Crippen LogP contribution >= 0.6 is 0 Å². The Balaban J connectivity index is 1.33. The van der Waals surface area contributed by atoms with E-state index < -0.39 is 11.9 Å². The Morgan fingerprint density at radius 2 is 1.64 bits per heavy atom. The second-order valence-electron chi connectivity index (χ2n) is 6.94. The topological polar surface area (TPSA) is 19.4 Å². The number of pyridine rings is 1. The number of hydrogen-bond donors (Lipinski definition) is 0. The zero-order valence-corrected chi connectivity index (χ0v) is 13.8. The zero-order valence-electron chi connectivity index (χ0n) is 13.8. The number of benzene rings is 1. The van der Waals surface area contributed by atoms with Crippen molar-refractivity contribution in [2.24, 2.45) is 0 Å². The van der Waals surface area contributed by atoms with Crippen LogP contribution in [0.15, 0.2) is 48.7 Å². The van der Waals surface area contributed by atoms with Gasteiger partial charge in [0.2, 0.25) is 0 Å². The maximum absolute atomic E-state index is 12.6. The second kappa shape index (κ2) is 6.42. The van der Waals surface area contributed by atoms with Gasteiger partial charge in [0, 0.05) is 44.5 Å². The maximum Gasteiger partial charge on any atom is 0.433 e. The first kappa shape index (κ1) is 16.5. The number of aromatic nitrogens is 1. The standard InChI is InChI=1S/C19H20F3N3/c20-19(21,22)18-7-6-15(9-23-18)10-24-12-16-8-17(13-24)25(16)11-14-4-2-1-3-5-14/h1-7,9,16-17H,8,10-13H2. The van der Waals surface area contributed by atoms with Gasteiger partial charge in [-0.15, -0.1) is 0 Å². The summed E-state index contributed by atoms with van der Waals surface area (Å²) in [4.78, 5) is 8.42. The predicted octanol–water partition coefficient (Wildman–Crippen LogP) is 3.56. The Hall–Kier alpha value is -1.92. The molecule has 0 amide bonds. The number of piperidine rings is 1. The molecule has 3 aliphatic heterocycles. The van der Waals surface area contributed by atoms with Gasteiger partial charge in [0.15, 0.2) is 0 Å². The molecular weight excluding hydrogens is 327 g/mol. The van der Waals surface area contributed by atoms with Crippen LogP contribution in [0.4, 0.5) is 13.2 Å². The SMILES string of the molecule is FC(F)(F)c1ccc(CN2CC3CC(C2)N3Cc2ccccc2)cn1. The van der Waals surface area contributed by atoms with Gasteiger partial charge in [-0.05, 0) is 23.6 Å². The van der Waals surface area contributed by atoms with E-state index in [-0.39, 0.29) is 0 Å². The lowest BCUT2D eigenvalue weighted by Gasteiger charge is -2.56. The molecule has 3 fully saturated rings. The monoisotopic (exact) mass is 347 g/mol. The van der Waals surface area contributed by atoms with Crippen LogP contribution in [0.1, 0.15) is 23.2 Å². The molecule has 2 aromatic rings. The molecule has 0 spiro atoms. The van der Waals surface area contributed by atoms with Crippen molar-refractivity contribution in [3.8, 4) is 0 Å². The van der Waals surface area contributed by atoms with Gasteiger partial charge in [0.25, 0.3) is 0 Å². The highest BCUT2D eigenvalue weighted by molar-refractivity contribution is 5.18. The molecule has 5 rings (SSSR count). The summed E-state index contributed by atoms with van der Waals surface area (Å²) in [5.41, 5.74) is 1.34. The molecule has 0 N–H and O–H groups in total. The van der Waals surface area contributed by atoms with Gasteiger partial charge in [0.1, 0.15) is 5.69 Å². The average Bonchev–Trinajstić information content (AvgIpc) is 2.60. The van der Waals surface area contributed by atoms with E-state index in [4.69, 9.17) is 0 Å². The van der Waals surface area contributed by atoms with Crippen LogP contribution in [0, 0.1) is 0 Å². The van der Waals surface area contributed by atoms with Gasteiger partial charge in [-0.2, -0.15) is 13.2 Å². The number of rotatable bonds is 4. The van der Waals surface area contributed by atoms with Crippen LogP contribution in [0.3, 0.4) is 0 Å². The first-order valence-corrected chi connectivity index (χ1v) is 8.53. The predicted molar refractivity (Wildman–Crippen MR) is 88.7 cm³/mol. The summed E-state index contributed by atoms with van der Waals surface area (Å²) in [6.45, 7) is 3.57. The Labute approximate surface area is 145 Å². The molecule has 132 valence electrons. The summed E-state index contributed by atoms with van der Waals surface area (Å²) in [6, 6.07) is 14.2. The minimum atomic E-state index is -4.37. The van der Waals surface area contributed by atoms with E-state index in [9.17, 15) is 13.2 Å². The molecule has 1 aromatic heterocycles. The summed E-state index contributed by atoms with van der Waals surface area (Å²) in [5, 5.41) is 0. The smallest absolute Gasteiger partial charge is 0.296 e. The lowest BCUT2D eigenvalue weighted by Crippen LogP contribution is -2.67. The molecule has 3 nitrogen and oxygen atoms in total. The van der Waals surface area contributed by atoms with Crippen molar-refractivity contribution >= 4 is 0 Å². The van der Waals surface area contributed by atoms with Crippen LogP contribution in [0.25, 0.3) is 0 Å². The van der Waals surface area contributed by atoms with E-state index >= 15 is 0 Å². The van der Waals surface area contributed by atoms with Gasteiger partial charge in [-0.3, -0.25) is 14.8 Å². The van der Waals surface area contributed by atoms with E-state index in [1.165, 1.54) is 24.2 Å². The first-order valence-electron chi connectivity index (χ1n) is 8.53. The molecule has 0 radical (unpaired) electrons. The molecular formula is C19H20F3N3. The maximum atomic E-state index is 12.6.